The lowest BCUT2D eigenvalue weighted by Gasteiger charge is -2.49. The molecule has 2 aliphatic rings. The molecular weight excluding hydrogens is 362 g/mol. The lowest BCUT2D eigenvalue weighted by molar-refractivity contribution is -0.126. The molecule has 3 atom stereocenters. The molecule has 0 aliphatic carbocycles. The third kappa shape index (κ3) is 3.91. The lowest BCUT2D eigenvalue weighted by Crippen LogP contribution is -2.61. The molecule has 0 bridgehead atoms. The summed E-state index contributed by atoms with van der Waals surface area (Å²) in [7, 11) is 1.70. The van der Waals surface area contributed by atoms with Crippen molar-refractivity contribution >= 4 is 17.3 Å². The Morgan fingerprint density at radius 1 is 1.21 bits per heavy atom. The van der Waals surface area contributed by atoms with Crippen molar-refractivity contribution in [3.63, 3.8) is 0 Å². The molecule has 2 aliphatic heterocycles. The molecule has 1 amide bonds. The SMILES string of the molecule is CC[C@H](C)NC(=O)[C@H]1Cc2ccccc2N2CCN(c3cccc(OC)c3)C[C@@H]12. The van der Waals surface area contributed by atoms with Crippen molar-refractivity contribution in [3.05, 3.63) is 54.1 Å². The van der Waals surface area contributed by atoms with Gasteiger partial charge in [-0.25, -0.2) is 0 Å². The summed E-state index contributed by atoms with van der Waals surface area (Å²) in [5.74, 6) is 0.994. The van der Waals surface area contributed by atoms with E-state index in [0.29, 0.717) is 0 Å². The van der Waals surface area contributed by atoms with Gasteiger partial charge in [-0.3, -0.25) is 4.79 Å². The van der Waals surface area contributed by atoms with Crippen LogP contribution in [0, 0.1) is 5.92 Å². The number of benzene rings is 2. The molecule has 1 N–H and O–H groups in total. The Bertz CT molecular complexity index is 869. The van der Waals surface area contributed by atoms with E-state index in [4.69, 9.17) is 4.74 Å². The Kier molecular flexibility index (Phi) is 5.65. The highest BCUT2D eigenvalue weighted by Gasteiger charge is 2.41. The highest BCUT2D eigenvalue weighted by Crippen LogP contribution is 2.37. The Morgan fingerprint density at radius 2 is 2.03 bits per heavy atom. The van der Waals surface area contributed by atoms with Crippen molar-refractivity contribution in [2.24, 2.45) is 5.92 Å². The maximum atomic E-state index is 13.2. The molecule has 5 nitrogen and oxygen atoms in total. The van der Waals surface area contributed by atoms with Gasteiger partial charge in [0.15, 0.2) is 0 Å². The number of nitrogens with zero attached hydrogens (tertiary/aromatic N) is 2. The fraction of sp³-hybridized carbons (Fsp3) is 0.458. The van der Waals surface area contributed by atoms with E-state index in [1.165, 1.54) is 11.3 Å². The quantitative estimate of drug-likeness (QED) is 0.845. The number of anilines is 2. The first kappa shape index (κ1) is 19.6. The van der Waals surface area contributed by atoms with Gasteiger partial charge < -0.3 is 19.9 Å². The van der Waals surface area contributed by atoms with E-state index in [0.717, 1.165) is 43.9 Å². The maximum Gasteiger partial charge on any atom is 0.225 e. The van der Waals surface area contributed by atoms with E-state index in [2.05, 4.69) is 65.4 Å². The molecule has 0 saturated carbocycles. The minimum atomic E-state index is -0.0488. The second-order valence-electron chi connectivity index (χ2n) is 8.17. The normalized spacial score (nSPS) is 21.8. The largest absolute Gasteiger partial charge is 0.497 e. The Morgan fingerprint density at radius 3 is 2.83 bits per heavy atom. The molecule has 154 valence electrons. The predicted octanol–water partition coefficient (Wildman–Crippen LogP) is 3.48. The molecule has 2 aromatic rings. The highest BCUT2D eigenvalue weighted by atomic mass is 16.5. The van der Waals surface area contributed by atoms with Crippen LogP contribution in [0.25, 0.3) is 0 Å². The molecule has 29 heavy (non-hydrogen) atoms. The number of para-hydroxylation sites is 1. The molecule has 4 rings (SSSR count). The van der Waals surface area contributed by atoms with Gasteiger partial charge in [0.25, 0.3) is 0 Å². The first-order chi connectivity index (χ1) is 14.1. The number of carbonyl (C=O) groups is 1. The van der Waals surface area contributed by atoms with E-state index in [-0.39, 0.29) is 23.9 Å². The first-order valence-corrected chi connectivity index (χ1v) is 10.6. The average molecular weight is 394 g/mol. The van der Waals surface area contributed by atoms with Crippen LogP contribution in [0.4, 0.5) is 11.4 Å². The van der Waals surface area contributed by atoms with E-state index in [1.807, 2.05) is 12.1 Å². The smallest absolute Gasteiger partial charge is 0.225 e. The molecule has 5 heteroatoms. The van der Waals surface area contributed by atoms with Crippen LogP contribution in [0.15, 0.2) is 48.5 Å². The summed E-state index contributed by atoms with van der Waals surface area (Å²) >= 11 is 0. The van der Waals surface area contributed by atoms with Gasteiger partial charge in [0.1, 0.15) is 5.75 Å². The van der Waals surface area contributed by atoms with E-state index < -0.39 is 0 Å². The van der Waals surface area contributed by atoms with Gasteiger partial charge in [-0.05, 0) is 43.5 Å². The monoisotopic (exact) mass is 393 g/mol. The molecule has 1 saturated heterocycles. The van der Waals surface area contributed by atoms with Gasteiger partial charge in [0.05, 0.1) is 19.1 Å². The summed E-state index contributed by atoms with van der Waals surface area (Å²) < 4.78 is 5.41. The molecule has 0 spiro atoms. The van der Waals surface area contributed by atoms with Gasteiger partial charge >= 0.3 is 0 Å². The summed E-state index contributed by atoms with van der Waals surface area (Å²) in [6, 6.07) is 17.1. The van der Waals surface area contributed by atoms with Crippen molar-refractivity contribution < 1.29 is 9.53 Å². The zero-order chi connectivity index (χ0) is 20.4. The summed E-state index contributed by atoms with van der Waals surface area (Å²) in [6.45, 7) is 6.86. The second kappa shape index (κ2) is 8.36. The number of hydrogen-bond donors (Lipinski definition) is 1. The number of methoxy groups -OCH3 is 1. The van der Waals surface area contributed by atoms with Crippen LogP contribution in [0.3, 0.4) is 0 Å². The van der Waals surface area contributed by atoms with Crippen LogP contribution in [0.2, 0.25) is 0 Å². The number of fused-ring (bicyclic) bond motifs is 3. The molecule has 2 heterocycles. The Hall–Kier alpha value is -2.69. The van der Waals surface area contributed by atoms with Crippen molar-refractivity contribution in [3.8, 4) is 5.75 Å². The number of hydrogen-bond acceptors (Lipinski definition) is 4. The van der Waals surface area contributed by atoms with Gasteiger partial charge in [0.2, 0.25) is 5.91 Å². The minimum absolute atomic E-state index is 0.0488. The zero-order valence-electron chi connectivity index (χ0n) is 17.6. The van der Waals surface area contributed by atoms with Crippen LogP contribution >= 0.6 is 0 Å². The zero-order valence-corrected chi connectivity index (χ0v) is 17.6. The van der Waals surface area contributed by atoms with Crippen molar-refractivity contribution in [2.45, 2.75) is 38.8 Å². The van der Waals surface area contributed by atoms with Crippen molar-refractivity contribution in [1.82, 2.24) is 5.32 Å². The van der Waals surface area contributed by atoms with Gasteiger partial charge in [-0.2, -0.15) is 0 Å². The molecular formula is C24H31N3O2. The van der Waals surface area contributed by atoms with Crippen LogP contribution in [-0.2, 0) is 11.2 Å². The summed E-state index contributed by atoms with van der Waals surface area (Å²) in [5.41, 5.74) is 3.72. The molecule has 1 fully saturated rings. The summed E-state index contributed by atoms with van der Waals surface area (Å²) in [5, 5.41) is 3.23. The fourth-order valence-electron chi connectivity index (χ4n) is 4.55. The van der Waals surface area contributed by atoms with Gasteiger partial charge in [0, 0.05) is 43.1 Å². The van der Waals surface area contributed by atoms with E-state index in [1.54, 1.807) is 7.11 Å². The van der Waals surface area contributed by atoms with Crippen LogP contribution in [-0.4, -0.2) is 44.7 Å². The van der Waals surface area contributed by atoms with Gasteiger partial charge in [-0.15, -0.1) is 0 Å². The van der Waals surface area contributed by atoms with Crippen LogP contribution in [0.5, 0.6) is 5.75 Å². The average Bonchev–Trinajstić information content (AvgIpc) is 2.77. The Balaban J connectivity index is 1.63. The van der Waals surface area contributed by atoms with Gasteiger partial charge in [-0.1, -0.05) is 31.2 Å². The number of ether oxygens (including phenoxy) is 1. The minimum Gasteiger partial charge on any atom is -0.497 e. The number of piperazine rings is 1. The standard InChI is InChI=1S/C24H31N3O2/c1-4-17(2)25-24(28)21-14-18-8-5-6-11-22(18)27-13-12-26(16-23(21)27)19-9-7-10-20(15-19)29-3/h5-11,15,17,21,23H,4,12-14,16H2,1-3H3,(H,25,28)/t17-,21-,23-/m0/s1. The van der Waals surface area contributed by atoms with E-state index in [9.17, 15) is 4.79 Å². The molecule has 2 aromatic carbocycles. The van der Waals surface area contributed by atoms with E-state index >= 15 is 0 Å². The van der Waals surface area contributed by atoms with Crippen LogP contribution < -0.4 is 19.9 Å². The number of nitrogens with one attached hydrogen (secondary N) is 1. The highest BCUT2D eigenvalue weighted by molar-refractivity contribution is 5.82. The summed E-state index contributed by atoms with van der Waals surface area (Å²) in [6.07, 6.45) is 1.74. The lowest BCUT2D eigenvalue weighted by atomic mass is 9.83. The maximum absolute atomic E-state index is 13.2. The molecule has 0 aromatic heterocycles. The van der Waals surface area contributed by atoms with Crippen molar-refractivity contribution in [2.75, 3.05) is 36.5 Å². The predicted molar refractivity (Wildman–Crippen MR) is 118 cm³/mol. The third-order valence-corrected chi connectivity index (χ3v) is 6.38. The molecule has 0 unspecified atom stereocenters. The van der Waals surface area contributed by atoms with Crippen LogP contribution in [0.1, 0.15) is 25.8 Å². The first-order valence-electron chi connectivity index (χ1n) is 10.6. The number of carbonyl (C=O) groups excluding carboxylic acids is 1. The van der Waals surface area contributed by atoms with Crippen molar-refractivity contribution in [1.29, 1.82) is 0 Å². The Labute approximate surface area is 173 Å². The third-order valence-electron chi connectivity index (χ3n) is 6.38. The molecule has 0 radical (unpaired) electrons. The number of rotatable bonds is 5. The second-order valence-corrected chi connectivity index (χ2v) is 8.17. The number of amides is 1. The fourth-order valence-corrected chi connectivity index (χ4v) is 4.55. The summed E-state index contributed by atoms with van der Waals surface area (Å²) in [4.78, 5) is 18.0. The topological polar surface area (TPSA) is 44.8 Å².